The largest absolute Gasteiger partial charge is 0.381 e. The zero-order valence-corrected chi connectivity index (χ0v) is 14.6. The molecule has 3 rings (SSSR count). The van der Waals surface area contributed by atoms with Gasteiger partial charge in [-0.25, -0.2) is 9.97 Å². The first-order chi connectivity index (χ1) is 11.7. The maximum atomic E-state index is 5.50. The van der Waals surface area contributed by atoms with Gasteiger partial charge in [0.15, 0.2) is 5.82 Å². The Kier molecular flexibility index (Phi) is 5.43. The lowest BCUT2D eigenvalue weighted by Gasteiger charge is -2.14. The molecule has 128 valence electrons. The van der Waals surface area contributed by atoms with Crippen molar-refractivity contribution in [2.24, 2.45) is 0 Å². The third-order valence-corrected chi connectivity index (χ3v) is 4.38. The normalized spacial score (nSPS) is 17.2. The maximum absolute atomic E-state index is 5.50. The van der Waals surface area contributed by atoms with E-state index in [1.54, 1.807) is 7.11 Å². The SMILES string of the molecule is COCc1nc(NCc2cc(C)ccc2C)cc([C@H]2CCOC2)n1. The zero-order chi connectivity index (χ0) is 16.9. The van der Waals surface area contributed by atoms with Crippen LogP contribution < -0.4 is 5.32 Å². The van der Waals surface area contributed by atoms with Crippen molar-refractivity contribution in [1.29, 1.82) is 0 Å². The number of anilines is 1. The van der Waals surface area contributed by atoms with Gasteiger partial charge in [0, 0.05) is 32.2 Å². The van der Waals surface area contributed by atoms with Crippen molar-refractivity contribution < 1.29 is 9.47 Å². The van der Waals surface area contributed by atoms with E-state index in [2.05, 4.69) is 47.3 Å². The first-order valence-electron chi connectivity index (χ1n) is 8.40. The van der Waals surface area contributed by atoms with Gasteiger partial charge in [-0.05, 0) is 31.4 Å². The van der Waals surface area contributed by atoms with Crippen LogP contribution in [0, 0.1) is 13.8 Å². The average Bonchev–Trinajstić information content (AvgIpc) is 3.10. The van der Waals surface area contributed by atoms with Gasteiger partial charge < -0.3 is 14.8 Å². The Morgan fingerprint density at radius 1 is 1.25 bits per heavy atom. The molecule has 24 heavy (non-hydrogen) atoms. The molecule has 1 aromatic heterocycles. The molecule has 0 radical (unpaired) electrons. The zero-order valence-electron chi connectivity index (χ0n) is 14.6. The fraction of sp³-hybridized carbons (Fsp3) is 0.474. The summed E-state index contributed by atoms with van der Waals surface area (Å²) in [6, 6.07) is 8.55. The van der Waals surface area contributed by atoms with Crippen molar-refractivity contribution in [3.8, 4) is 0 Å². The molecule has 0 amide bonds. The van der Waals surface area contributed by atoms with Crippen molar-refractivity contribution in [3.63, 3.8) is 0 Å². The Hall–Kier alpha value is -1.98. The standard InChI is InChI=1S/C19H25N3O2/c1-13-4-5-14(2)16(8-13)10-20-18-9-17(15-6-7-24-11-15)21-19(22-18)12-23-3/h4-5,8-9,15H,6-7,10-12H2,1-3H3,(H,20,21,22)/t15-/m0/s1. The van der Waals surface area contributed by atoms with Crippen molar-refractivity contribution >= 4 is 5.82 Å². The summed E-state index contributed by atoms with van der Waals surface area (Å²) in [4.78, 5) is 9.21. The van der Waals surface area contributed by atoms with Gasteiger partial charge in [-0.2, -0.15) is 0 Å². The molecular weight excluding hydrogens is 302 g/mol. The van der Waals surface area contributed by atoms with E-state index >= 15 is 0 Å². The van der Waals surface area contributed by atoms with E-state index in [0.717, 1.165) is 37.7 Å². The molecule has 0 spiro atoms. The molecule has 1 fully saturated rings. The average molecular weight is 327 g/mol. The van der Waals surface area contributed by atoms with Crippen LogP contribution in [0.5, 0.6) is 0 Å². The van der Waals surface area contributed by atoms with Gasteiger partial charge in [0.1, 0.15) is 12.4 Å². The summed E-state index contributed by atoms with van der Waals surface area (Å²) in [5.41, 5.74) is 4.87. The lowest BCUT2D eigenvalue weighted by molar-refractivity contribution is 0.177. The van der Waals surface area contributed by atoms with Crippen LogP contribution in [0.25, 0.3) is 0 Å². The first kappa shape index (κ1) is 16.9. The number of aryl methyl sites for hydroxylation is 2. The Bertz CT molecular complexity index is 697. The Morgan fingerprint density at radius 2 is 2.12 bits per heavy atom. The van der Waals surface area contributed by atoms with E-state index in [9.17, 15) is 0 Å². The number of rotatable bonds is 6. The van der Waals surface area contributed by atoms with Gasteiger partial charge in [-0.1, -0.05) is 23.8 Å². The molecule has 5 heteroatoms. The van der Waals surface area contributed by atoms with Gasteiger partial charge >= 0.3 is 0 Å². The van der Waals surface area contributed by atoms with Crippen LogP contribution in [-0.4, -0.2) is 30.3 Å². The molecule has 1 aliphatic heterocycles. The van der Waals surface area contributed by atoms with E-state index < -0.39 is 0 Å². The third kappa shape index (κ3) is 4.10. The highest BCUT2D eigenvalue weighted by Crippen LogP contribution is 2.25. The van der Waals surface area contributed by atoms with Gasteiger partial charge in [0.2, 0.25) is 0 Å². The predicted molar refractivity (Wildman–Crippen MR) is 94.2 cm³/mol. The smallest absolute Gasteiger partial charge is 0.156 e. The van der Waals surface area contributed by atoms with Crippen molar-refractivity contribution in [2.45, 2.75) is 39.3 Å². The highest BCUT2D eigenvalue weighted by Gasteiger charge is 2.20. The van der Waals surface area contributed by atoms with E-state index in [1.807, 2.05) is 6.07 Å². The molecule has 1 saturated heterocycles. The second kappa shape index (κ2) is 7.73. The minimum atomic E-state index is 0.352. The van der Waals surface area contributed by atoms with Gasteiger partial charge in [-0.15, -0.1) is 0 Å². The number of benzene rings is 1. The van der Waals surface area contributed by atoms with E-state index in [-0.39, 0.29) is 0 Å². The van der Waals surface area contributed by atoms with Crippen LogP contribution in [0.1, 0.15) is 40.5 Å². The first-order valence-corrected chi connectivity index (χ1v) is 8.40. The van der Waals surface area contributed by atoms with Crippen molar-refractivity contribution in [1.82, 2.24) is 9.97 Å². The number of ether oxygens (including phenoxy) is 2. The number of nitrogens with one attached hydrogen (secondary N) is 1. The summed E-state index contributed by atoms with van der Waals surface area (Å²) < 4.78 is 10.7. The summed E-state index contributed by atoms with van der Waals surface area (Å²) in [6.07, 6.45) is 1.01. The fourth-order valence-electron chi connectivity index (χ4n) is 2.96. The van der Waals surface area contributed by atoms with Crippen LogP contribution in [-0.2, 0) is 22.6 Å². The predicted octanol–water partition coefficient (Wildman–Crippen LogP) is 3.36. The topological polar surface area (TPSA) is 56.3 Å². The molecule has 2 heterocycles. The molecule has 1 aliphatic rings. The number of aromatic nitrogens is 2. The Morgan fingerprint density at radius 3 is 2.88 bits per heavy atom. The molecule has 2 aromatic rings. The summed E-state index contributed by atoms with van der Waals surface area (Å²) in [5.74, 6) is 1.91. The highest BCUT2D eigenvalue weighted by atomic mass is 16.5. The summed E-state index contributed by atoms with van der Waals surface area (Å²) in [5, 5.41) is 3.44. The van der Waals surface area contributed by atoms with Crippen LogP contribution in [0.3, 0.4) is 0 Å². The third-order valence-electron chi connectivity index (χ3n) is 4.38. The molecule has 1 N–H and O–H groups in total. The summed E-state index contributed by atoms with van der Waals surface area (Å²) >= 11 is 0. The van der Waals surface area contributed by atoms with Crippen LogP contribution >= 0.6 is 0 Å². The van der Waals surface area contributed by atoms with Crippen molar-refractivity contribution in [3.05, 3.63) is 52.5 Å². The molecule has 1 atom stereocenters. The molecule has 5 nitrogen and oxygen atoms in total. The number of hydrogen-bond acceptors (Lipinski definition) is 5. The van der Waals surface area contributed by atoms with Crippen LogP contribution in [0.4, 0.5) is 5.82 Å². The summed E-state index contributed by atoms with van der Waals surface area (Å²) in [6.45, 7) is 6.95. The maximum Gasteiger partial charge on any atom is 0.156 e. The number of methoxy groups -OCH3 is 1. The molecule has 1 aromatic carbocycles. The number of nitrogens with zero attached hydrogens (tertiary/aromatic N) is 2. The van der Waals surface area contributed by atoms with Crippen LogP contribution in [0.15, 0.2) is 24.3 Å². The molecular formula is C19H25N3O2. The van der Waals surface area contributed by atoms with E-state index in [4.69, 9.17) is 9.47 Å². The minimum absolute atomic E-state index is 0.352. The monoisotopic (exact) mass is 327 g/mol. The van der Waals surface area contributed by atoms with Gasteiger partial charge in [0.05, 0.1) is 12.3 Å². The van der Waals surface area contributed by atoms with Crippen molar-refractivity contribution in [2.75, 3.05) is 25.6 Å². The van der Waals surface area contributed by atoms with E-state index in [0.29, 0.717) is 18.3 Å². The van der Waals surface area contributed by atoms with Gasteiger partial charge in [-0.3, -0.25) is 0 Å². The highest BCUT2D eigenvalue weighted by molar-refractivity contribution is 5.40. The Balaban J connectivity index is 1.79. The van der Waals surface area contributed by atoms with Crippen LogP contribution in [0.2, 0.25) is 0 Å². The molecule has 0 saturated carbocycles. The quantitative estimate of drug-likeness (QED) is 0.882. The lowest BCUT2D eigenvalue weighted by Crippen LogP contribution is -2.10. The summed E-state index contributed by atoms with van der Waals surface area (Å²) in [7, 11) is 1.66. The molecule has 0 bridgehead atoms. The fourth-order valence-corrected chi connectivity index (χ4v) is 2.96. The Labute approximate surface area is 143 Å². The molecule has 0 unspecified atom stereocenters. The van der Waals surface area contributed by atoms with Gasteiger partial charge in [0.25, 0.3) is 0 Å². The second-order valence-electron chi connectivity index (χ2n) is 6.37. The second-order valence-corrected chi connectivity index (χ2v) is 6.37. The molecule has 0 aliphatic carbocycles. The van der Waals surface area contributed by atoms with E-state index in [1.165, 1.54) is 16.7 Å². The number of hydrogen-bond donors (Lipinski definition) is 1. The minimum Gasteiger partial charge on any atom is -0.381 e. The lowest BCUT2D eigenvalue weighted by atomic mass is 10.0.